The first kappa shape index (κ1) is 15.9. The predicted octanol–water partition coefficient (Wildman–Crippen LogP) is 5.72. The van der Waals surface area contributed by atoms with Crippen LogP contribution in [-0.2, 0) is 0 Å². The average molecular weight is 344 g/mol. The van der Waals surface area contributed by atoms with E-state index in [1.807, 2.05) is 25.3 Å². The maximum atomic E-state index is 10.7. The summed E-state index contributed by atoms with van der Waals surface area (Å²) in [6, 6.07) is 8.02. The number of hydrogen-bond acceptors (Lipinski definition) is 4. The standard InChI is InChI=1S/C14H11Cl2NO3S/c1-8-5-10(3-4-13(8)21-2)20-14-11(15)6-9(17(18)19)7-12(14)16/h3-7H,1-2H3. The molecule has 7 heteroatoms. The molecule has 21 heavy (non-hydrogen) atoms. The summed E-state index contributed by atoms with van der Waals surface area (Å²) in [5.74, 6) is 0.781. The molecule has 0 saturated heterocycles. The van der Waals surface area contributed by atoms with Crippen molar-refractivity contribution in [3.63, 3.8) is 0 Å². The van der Waals surface area contributed by atoms with Crippen LogP contribution in [0.3, 0.4) is 0 Å². The molecule has 2 aromatic carbocycles. The van der Waals surface area contributed by atoms with Gasteiger partial charge in [-0.25, -0.2) is 0 Å². The van der Waals surface area contributed by atoms with Crippen molar-refractivity contribution in [2.75, 3.05) is 6.26 Å². The Hall–Kier alpha value is -1.43. The van der Waals surface area contributed by atoms with E-state index in [0.717, 1.165) is 10.5 Å². The molecule has 0 atom stereocenters. The van der Waals surface area contributed by atoms with Gasteiger partial charge in [0.1, 0.15) is 5.75 Å². The normalized spacial score (nSPS) is 10.5. The Morgan fingerprint density at radius 3 is 2.29 bits per heavy atom. The van der Waals surface area contributed by atoms with E-state index in [2.05, 4.69) is 0 Å². The van der Waals surface area contributed by atoms with Crippen molar-refractivity contribution in [2.24, 2.45) is 0 Å². The number of halogens is 2. The van der Waals surface area contributed by atoms with Crippen LogP contribution in [0, 0.1) is 17.0 Å². The molecule has 0 fully saturated rings. The number of ether oxygens (including phenoxy) is 1. The van der Waals surface area contributed by atoms with Gasteiger partial charge >= 0.3 is 0 Å². The predicted molar refractivity (Wildman–Crippen MR) is 86.2 cm³/mol. The van der Waals surface area contributed by atoms with Crippen molar-refractivity contribution in [3.8, 4) is 11.5 Å². The van der Waals surface area contributed by atoms with Gasteiger partial charge < -0.3 is 4.74 Å². The quantitative estimate of drug-likeness (QED) is 0.404. The summed E-state index contributed by atoms with van der Waals surface area (Å²) in [6.07, 6.45) is 1.99. The topological polar surface area (TPSA) is 52.4 Å². The van der Waals surface area contributed by atoms with Crippen molar-refractivity contribution < 1.29 is 9.66 Å². The molecule has 0 amide bonds. The number of hydrogen-bond donors (Lipinski definition) is 0. The lowest BCUT2D eigenvalue weighted by Gasteiger charge is -2.11. The van der Waals surface area contributed by atoms with Crippen LogP contribution in [0.4, 0.5) is 5.69 Å². The van der Waals surface area contributed by atoms with E-state index in [0.29, 0.717) is 5.75 Å². The highest BCUT2D eigenvalue weighted by Crippen LogP contribution is 2.40. The van der Waals surface area contributed by atoms with E-state index >= 15 is 0 Å². The van der Waals surface area contributed by atoms with Crippen molar-refractivity contribution >= 4 is 40.7 Å². The summed E-state index contributed by atoms with van der Waals surface area (Å²) in [7, 11) is 0. The van der Waals surface area contributed by atoms with Crippen LogP contribution in [0.5, 0.6) is 11.5 Å². The summed E-state index contributed by atoms with van der Waals surface area (Å²) in [6.45, 7) is 1.97. The molecule has 2 rings (SSSR count). The smallest absolute Gasteiger partial charge is 0.272 e. The highest BCUT2D eigenvalue weighted by molar-refractivity contribution is 7.98. The van der Waals surface area contributed by atoms with E-state index in [4.69, 9.17) is 27.9 Å². The van der Waals surface area contributed by atoms with Gasteiger partial charge in [-0.2, -0.15) is 0 Å². The molecule has 0 heterocycles. The maximum absolute atomic E-state index is 10.7. The van der Waals surface area contributed by atoms with Crippen molar-refractivity contribution in [2.45, 2.75) is 11.8 Å². The Morgan fingerprint density at radius 1 is 1.19 bits per heavy atom. The molecular formula is C14H11Cl2NO3S. The lowest BCUT2D eigenvalue weighted by molar-refractivity contribution is -0.384. The number of nitro benzene ring substituents is 1. The molecular weight excluding hydrogens is 333 g/mol. The van der Waals surface area contributed by atoms with Gasteiger partial charge in [-0.15, -0.1) is 11.8 Å². The Balaban J connectivity index is 2.35. The highest BCUT2D eigenvalue weighted by Gasteiger charge is 2.16. The Morgan fingerprint density at radius 2 is 1.81 bits per heavy atom. The van der Waals surface area contributed by atoms with Crippen molar-refractivity contribution in [1.29, 1.82) is 0 Å². The molecule has 0 unspecified atom stereocenters. The molecule has 110 valence electrons. The van der Waals surface area contributed by atoms with E-state index in [-0.39, 0.29) is 21.5 Å². The Bertz CT molecular complexity index is 684. The van der Waals surface area contributed by atoms with Crippen LogP contribution < -0.4 is 4.74 Å². The van der Waals surface area contributed by atoms with Gasteiger partial charge in [0, 0.05) is 17.0 Å². The number of nitrogens with zero attached hydrogens (tertiary/aromatic N) is 1. The molecule has 0 radical (unpaired) electrons. The summed E-state index contributed by atoms with van der Waals surface area (Å²) in [4.78, 5) is 11.3. The van der Waals surface area contributed by atoms with E-state index in [1.165, 1.54) is 12.1 Å². The van der Waals surface area contributed by atoms with Gasteiger partial charge in [0.25, 0.3) is 5.69 Å². The minimum Gasteiger partial charge on any atom is -0.454 e. The largest absolute Gasteiger partial charge is 0.454 e. The third-order valence-corrected chi connectivity index (χ3v) is 4.24. The van der Waals surface area contributed by atoms with Crippen LogP contribution in [0.15, 0.2) is 35.2 Å². The van der Waals surface area contributed by atoms with Crippen LogP contribution >= 0.6 is 35.0 Å². The number of rotatable bonds is 4. The van der Waals surface area contributed by atoms with Gasteiger partial charge in [-0.1, -0.05) is 23.2 Å². The van der Waals surface area contributed by atoms with Gasteiger partial charge in [0.15, 0.2) is 5.75 Å². The third-order valence-electron chi connectivity index (χ3n) is 2.78. The van der Waals surface area contributed by atoms with Gasteiger partial charge in [-0.05, 0) is 36.9 Å². The van der Waals surface area contributed by atoms with E-state index < -0.39 is 4.92 Å². The summed E-state index contributed by atoms with van der Waals surface area (Å²) in [5, 5.41) is 10.9. The molecule has 0 saturated carbocycles. The van der Waals surface area contributed by atoms with Crippen LogP contribution in [-0.4, -0.2) is 11.2 Å². The lowest BCUT2D eigenvalue weighted by atomic mass is 10.2. The molecule has 0 aliphatic rings. The molecule has 0 aliphatic carbocycles. The number of thioether (sulfide) groups is 1. The van der Waals surface area contributed by atoms with Gasteiger partial charge in [-0.3, -0.25) is 10.1 Å². The average Bonchev–Trinajstić information content (AvgIpc) is 2.42. The van der Waals surface area contributed by atoms with Gasteiger partial charge in [0.2, 0.25) is 0 Å². The number of nitro groups is 1. The second kappa shape index (κ2) is 6.56. The molecule has 0 N–H and O–H groups in total. The fourth-order valence-electron chi connectivity index (χ4n) is 1.78. The second-order valence-electron chi connectivity index (χ2n) is 4.23. The SMILES string of the molecule is CSc1ccc(Oc2c(Cl)cc([N+](=O)[O-])cc2Cl)cc1C. The minimum atomic E-state index is -0.557. The minimum absolute atomic E-state index is 0.0980. The molecule has 0 bridgehead atoms. The van der Waals surface area contributed by atoms with Crippen LogP contribution in [0.2, 0.25) is 10.0 Å². The number of non-ortho nitro benzene ring substituents is 1. The van der Waals surface area contributed by atoms with Crippen molar-refractivity contribution in [3.05, 3.63) is 56.1 Å². The van der Waals surface area contributed by atoms with E-state index in [9.17, 15) is 10.1 Å². The maximum Gasteiger partial charge on any atom is 0.272 e. The van der Waals surface area contributed by atoms with Crippen molar-refractivity contribution in [1.82, 2.24) is 0 Å². The Labute approximate surface area is 136 Å². The highest BCUT2D eigenvalue weighted by atomic mass is 35.5. The number of benzene rings is 2. The molecule has 0 aromatic heterocycles. The van der Waals surface area contributed by atoms with E-state index in [1.54, 1.807) is 17.8 Å². The number of aryl methyl sites for hydroxylation is 1. The first-order valence-corrected chi connectivity index (χ1v) is 7.86. The summed E-state index contributed by atoms with van der Waals surface area (Å²) < 4.78 is 5.66. The molecule has 0 spiro atoms. The monoisotopic (exact) mass is 343 g/mol. The first-order valence-electron chi connectivity index (χ1n) is 5.88. The van der Waals surface area contributed by atoms with Gasteiger partial charge in [0.05, 0.1) is 15.0 Å². The summed E-state index contributed by atoms with van der Waals surface area (Å²) >= 11 is 13.7. The molecule has 2 aromatic rings. The second-order valence-corrected chi connectivity index (χ2v) is 5.89. The zero-order chi connectivity index (χ0) is 15.6. The molecule has 0 aliphatic heterocycles. The summed E-state index contributed by atoms with van der Waals surface area (Å²) in [5.41, 5.74) is 0.889. The van der Waals surface area contributed by atoms with Crippen LogP contribution in [0.1, 0.15) is 5.56 Å². The van der Waals surface area contributed by atoms with Crippen LogP contribution in [0.25, 0.3) is 0 Å². The fraction of sp³-hybridized carbons (Fsp3) is 0.143. The first-order chi connectivity index (χ1) is 9.92. The molecule has 4 nitrogen and oxygen atoms in total. The third kappa shape index (κ3) is 3.61. The lowest BCUT2D eigenvalue weighted by Crippen LogP contribution is -1.92. The zero-order valence-corrected chi connectivity index (χ0v) is 13.6. The Kier molecular flexibility index (Phi) is 4.98. The zero-order valence-electron chi connectivity index (χ0n) is 11.2. The fourth-order valence-corrected chi connectivity index (χ4v) is 2.92.